The number of carbonyl (C=O) groups is 1. The molecule has 1 aromatic rings. The Hall–Kier alpha value is -2.11. The van der Waals surface area contributed by atoms with Crippen LogP contribution in [0.2, 0.25) is 0 Å². The van der Waals surface area contributed by atoms with Gasteiger partial charge in [-0.05, 0) is 43.5 Å². The number of hydrogen-bond donors (Lipinski definition) is 3. The molecule has 0 aliphatic heterocycles. The number of nitrogens with zero attached hydrogens (tertiary/aromatic N) is 1. The van der Waals surface area contributed by atoms with Crippen molar-refractivity contribution < 1.29 is 14.4 Å². The Morgan fingerprint density at radius 1 is 1.53 bits per heavy atom. The molecule has 1 fully saturated rings. The third kappa shape index (κ3) is 2.25. The zero-order valence-corrected chi connectivity index (χ0v) is 10.6. The zero-order valence-electron chi connectivity index (χ0n) is 10.6. The van der Waals surface area contributed by atoms with Gasteiger partial charge in [0, 0.05) is 5.69 Å². The van der Waals surface area contributed by atoms with Crippen LogP contribution in [-0.4, -0.2) is 17.0 Å². The fraction of sp³-hybridized carbons (Fsp3) is 0.385. The predicted molar refractivity (Wildman–Crippen MR) is 69.5 cm³/mol. The van der Waals surface area contributed by atoms with Crippen molar-refractivity contribution in [1.82, 2.24) is 0 Å². The second-order valence-electron chi connectivity index (χ2n) is 4.84. The second-order valence-corrected chi connectivity index (χ2v) is 4.84. The molecule has 4 N–H and O–H groups in total. The standard InChI is InChI=1S/C13H16FN3O2/c1-8-7-9(3-4-10(8)14)16-12(18)13(5-2-6-13)11(15)17-19/h3-4,7,19H,2,5-6H2,1H3,(H2,15,17)(H,16,18). The number of aryl methyl sites for hydroxylation is 1. The van der Waals surface area contributed by atoms with E-state index < -0.39 is 5.41 Å². The van der Waals surface area contributed by atoms with Crippen LogP contribution in [0.1, 0.15) is 24.8 Å². The van der Waals surface area contributed by atoms with E-state index in [0.29, 0.717) is 24.1 Å². The fourth-order valence-corrected chi connectivity index (χ4v) is 2.20. The van der Waals surface area contributed by atoms with Crippen LogP contribution in [-0.2, 0) is 4.79 Å². The maximum absolute atomic E-state index is 13.1. The summed E-state index contributed by atoms with van der Waals surface area (Å²) in [5, 5.41) is 14.4. The van der Waals surface area contributed by atoms with Crippen LogP contribution in [0.15, 0.2) is 23.4 Å². The SMILES string of the molecule is Cc1cc(NC(=O)C2(/C(N)=N/O)CCC2)ccc1F. The van der Waals surface area contributed by atoms with Crippen molar-refractivity contribution in [2.75, 3.05) is 5.32 Å². The van der Waals surface area contributed by atoms with E-state index in [1.807, 2.05) is 0 Å². The average Bonchev–Trinajstić information content (AvgIpc) is 2.32. The molecule has 0 spiro atoms. The minimum atomic E-state index is -0.933. The van der Waals surface area contributed by atoms with Gasteiger partial charge in [0.25, 0.3) is 0 Å². The highest BCUT2D eigenvalue weighted by Gasteiger charge is 2.48. The molecule has 1 saturated carbocycles. The number of halogens is 1. The molecule has 2 rings (SSSR count). The van der Waals surface area contributed by atoms with E-state index >= 15 is 0 Å². The van der Waals surface area contributed by atoms with Crippen molar-refractivity contribution in [3.63, 3.8) is 0 Å². The van der Waals surface area contributed by atoms with Crippen LogP contribution < -0.4 is 11.1 Å². The third-order valence-corrected chi connectivity index (χ3v) is 3.66. The summed E-state index contributed by atoms with van der Waals surface area (Å²) in [4.78, 5) is 12.2. The van der Waals surface area contributed by atoms with Gasteiger partial charge in [-0.2, -0.15) is 0 Å². The summed E-state index contributed by atoms with van der Waals surface area (Å²) in [7, 11) is 0. The highest BCUT2D eigenvalue weighted by molar-refractivity contribution is 6.12. The molecule has 1 aromatic carbocycles. The summed E-state index contributed by atoms with van der Waals surface area (Å²) in [6, 6.07) is 4.33. The lowest BCUT2D eigenvalue weighted by Gasteiger charge is -2.38. The molecule has 102 valence electrons. The minimum absolute atomic E-state index is 0.0740. The number of oxime groups is 1. The molecule has 0 saturated heterocycles. The highest BCUT2D eigenvalue weighted by Crippen LogP contribution is 2.42. The van der Waals surface area contributed by atoms with Gasteiger partial charge in [0.15, 0.2) is 5.84 Å². The van der Waals surface area contributed by atoms with Gasteiger partial charge in [-0.15, -0.1) is 0 Å². The second kappa shape index (κ2) is 4.87. The lowest BCUT2D eigenvalue weighted by molar-refractivity contribution is -0.125. The van der Waals surface area contributed by atoms with E-state index in [-0.39, 0.29) is 17.6 Å². The van der Waals surface area contributed by atoms with Gasteiger partial charge in [0.2, 0.25) is 5.91 Å². The van der Waals surface area contributed by atoms with Gasteiger partial charge in [-0.25, -0.2) is 4.39 Å². The molecule has 0 radical (unpaired) electrons. The zero-order chi connectivity index (χ0) is 14.0. The van der Waals surface area contributed by atoms with E-state index in [4.69, 9.17) is 10.9 Å². The van der Waals surface area contributed by atoms with Gasteiger partial charge in [0.05, 0.1) is 0 Å². The Bertz CT molecular complexity index is 539. The summed E-state index contributed by atoms with van der Waals surface area (Å²) < 4.78 is 13.1. The summed E-state index contributed by atoms with van der Waals surface area (Å²) in [6.45, 7) is 1.62. The molecule has 0 unspecified atom stereocenters. The number of benzene rings is 1. The van der Waals surface area contributed by atoms with Crippen LogP contribution in [0, 0.1) is 18.2 Å². The average molecular weight is 265 g/mol. The van der Waals surface area contributed by atoms with Crippen molar-refractivity contribution in [2.24, 2.45) is 16.3 Å². The molecule has 1 amide bonds. The number of nitrogens with two attached hydrogens (primary N) is 1. The lowest BCUT2D eigenvalue weighted by atomic mass is 9.67. The molecule has 0 atom stereocenters. The van der Waals surface area contributed by atoms with Crippen molar-refractivity contribution in [3.05, 3.63) is 29.6 Å². The molecule has 1 aliphatic rings. The maximum atomic E-state index is 13.1. The summed E-state index contributed by atoms with van der Waals surface area (Å²) >= 11 is 0. The normalized spacial score (nSPS) is 17.7. The van der Waals surface area contributed by atoms with Gasteiger partial charge in [0.1, 0.15) is 11.2 Å². The highest BCUT2D eigenvalue weighted by atomic mass is 19.1. The first-order valence-corrected chi connectivity index (χ1v) is 6.05. The number of nitrogens with one attached hydrogen (secondary N) is 1. The number of rotatable bonds is 3. The summed E-state index contributed by atoms with van der Waals surface area (Å²) in [5.74, 6) is -0.720. The Labute approximate surface area is 110 Å². The first kappa shape index (κ1) is 13.3. The first-order chi connectivity index (χ1) is 8.99. The Morgan fingerprint density at radius 2 is 2.21 bits per heavy atom. The van der Waals surface area contributed by atoms with E-state index in [0.717, 1.165) is 6.42 Å². The molecule has 1 aliphatic carbocycles. The largest absolute Gasteiger partial charge is 0.409 e. The minimum Gasteiger partial charge on any atom is -0.409 e. The smallest absolute Gasteiger partial charge is 0.238 e. The molecule has 0 heterocycles. The third-order valence-electron chi connectivity index (χ3n) is 3.66. The van der Waals surface area contributed by atoms with Crippen molar-refractivity contribution in [1.29, 1.82) is 0 Å². The lowest BCUT2D eigenvalue weighted by Crippen LogP contribution is -2.51. The van der Waals surface area contributed by atoms with E-state index in [1.165, 1.54) is 12.1 Å². The number of anilines is 1. The van der Waals surface area contributed by atoms with Gasteiger partial charge in [-0.1, -0.05) is 11.6 Å². The maximum Gasteiger partial charge on any atom is 0.238 e. The monoisotopic (exact) mass is 265 g/mol. The van der Waals surface area contributed by atoms with Crippen molar-refractivity contribution in [2.45, 2.75) is 26.2 Å². The number of amidine groups is 1. The van der Waals surface area contributed by atoms with E-state index in [9.17, 15) is 9.18 Å². The summed E-state index contributed by atoms with van der Waals surface area (Å²) in [5.41, 5.74) is 5.62. The molecule has 6 heteroatoms. The van der Waals surface area contributed by atoms with Crippen molar-refractivity contribution >= 4 is 17.4 Å². The van der Waals surface area contributed by atoms with Gasteiger partial charge >= 0.3 is 0 Å². The van der Waals surface area contributed by atoms with Crippen LogP contribution in [0.4, 0.5) is 10.1 Å². The fourth-order valence-electron chi connectivity index (χ4n) is 2.20. The molecular weight excluding hydrogens is 249 g/mol. The van der Waals surface area contributed by atoms with Crippen LogP contribution >= 0.6 is 0 Å². The van der Waals surface area contributed by atoms with Crippen molar-refractivity contribution in [3.8, 4) is 0 Å². The van der Waals surface area contributed by atoms with E-state index in [2.05, 4.69) is 10.5 Å². The molecule has 0 bridgehead atoms. The Morgan fingerprint density at radius 3 is 2.68 bits per heavy atom. The number of hydrogen-bond acceptors (Lipinski definition) is 3. The van der Waals surface area contributed by atoms with Gasteiger partial charge in [-0.3, -0.25) is 4.79 Å². The van der Waals surface area contributed by atoms with Crippen LogP contribution in [0.25, 0.3) is 0 Å². The topological polar surface area (TPSA) is 87.7 Å². The quantitative estimate of drug-likeness (QED) is 0.338. The molecular formula is C13H16FN3O2. The van der Waals surface area contributed by atoms with Crippen LogP contribution in [0.5, 0.6) is 0 Å². The Balaban J connectivity index is 2.18. The molecule has 0 aromatic heterocycles. The number of carbonyl (C=O) groups excluding carboxylic acids is 1. The predicted octanol–water partition coefficient (Wildman–Crippen LogP) is 1.99. The number of amides is 1. The van der Waals surface area contributed by atoms with Gasteiger partial charge < -0.3 is 16.3 Å². The van der Waals surface area contributed by atoms with Crippen LogP contribution in [0.3, 0.4) is 0 Å². The summed E-state index contributed by atoms with van der Waals surface area (Å²) in [6.07, 6.45) is 1.95. The molecule has 5 nitrogen and oxygen atoms in total. The molecule has 19 heavy (non-hydrogen) atoms. The first-order valence-electron chi connectivity index (χ1n) is 6.05. The van der Waals surface area contributed by atoms with E-state index in [1.54, 1.807) is 13.0 Å². The Kier molecular flexibility index (Phi) is 3.42.